The minimum Gasteiger partial charge on any atom is -0.338 e. The highest BCUT2D eigenvalue weighted by molar-refractivity contribution is 7.99. The van der Waals surface area contributed by atoms with Crippen LogP contribution in [0.15, 0.2) is 60.1 Å². The van der Waals surface area contributed by atoms with Gasteiger partial charge in [0.2, 0.25) is 5.91 Å². The van der Waals surface area contributed by atoms with Gasteiger partial charge in [-0.25, -0.2) is 14.6 Å². The SMILES string of the molecule is O=C(CSc1ncccn1)N1CC(n2cc(-c3ccccc3)nn2)C1. The van der Waals surface area contributed by atoms with Gasteiger partial charge in [0.1, 0.15) is 5.69 Å². The van der Waals surface area contributed by atoms with Gasteiger partial charge in [-0.3, -0.25) is 4.79 Å². The zero-order valence-corrected chi connectivity index (χ0v) is 14.2. The Hall–Kier alpha value is -2.74. The quantitative estimate of drug-likeness (QED) is 0.516. The maximum Gasteiger partial charge on any atom is 0.233 e. The number of carbonyl (C=O) groups excluding carboxylic acids is 1. The summed E-state index contributed by atoms with van der Waals surface area (Å²) < 4.78 is 1.85. The van der Waals surface area contributed by atoms with E-state index in [4.69, 9.17) is 0 Å². The number of benzene rings is 1. The fourth-order valence-corrected chi connectivity index (χ4v) is 3.31. The topological polar surface area (TPSA) is 76.8 Å². The molecule has 8 heteroatoms. The van der Waals surface area contributed by atoms with Gasteiger partial charge in [-0.05, 0) is 6.07 Å². The summed E-state index contributed by atoms with van der Waals surface area (Å²) in [5.74, 6) is 0.445. The zero-order chi connectivity index (χ0) is 17.1. The molecule has 126 valence electrons. The van der Waals surface area contributed by atoms with Crippen molar-refractivity contribution in [3.63, 3.8) is 0 Å². The van der Waals surface area contributed by atoms with E-state index in [9.17, 15) is 4.79 Å². The van der Waals surface area contributed by atoms with E-state index in [1.807, 2.05) is 46.1 Å². The number of hydrogen-bond acceptors (Lipinski definition) is 6. The standard InChI is InChI=1S/C17H16N6OS/c24-16(12-25-17-18-7-4-8-19-17)22-9-14(10-22)23-11-15(20-21-23)13-5-2-1-3-6-13/h1-8,11,14H,9-10,12H2. The van der Waals surface area contributed by atoms with Crippen molar-refractivity contribution in [1.29, 1.82) is 0 Å². The van der Waals surface area contributed by atoms with Crippen LogP contribution in [0.1, 0.15) is 6.04 Å². The smallest absolute Gasteiger partial charge is 0.233 e. The first-order chi connectivity index (χ1) is 12.3. The van der Waals surface area contributed by atoms with E-state index in [1.54, 1.807) is 18.5 Å². The molecule has 4 rings (SSSR count). The molecule has 25 heavy (non-hydrogen) atoms. The number of rotatable bonds is 5. The fourth-order valence-electron chi connectivity index (χ4n) is 2.60. The Labute approximate surface area is 149 Å². The Morgan fingerprint density at radius 3 is 2.64 bits per heavy atom. The van der Waals surface area contributed by atoms with Gasteiger partial charge in [-0.1, -0.05) is 47.3 Å². The Balaban J connectivity index is 1.30. The van der Waals surface area contributed by atoms with Crippen molar-refractivity contribution in [1.82, 2.24) is 29.9 Å². The number of amides is 1. The molecule has 1 aliphatic heterocycles. The molecule has 7 nitrogen and oxygen atoms in total. The van der Waals surface area contributed by atoms with Crippen molar-refractivity contribution in [2.24, 2.45) is 0 Å². The second-order valence-corrected chi connectivity index (χ2v) is 6.66. The van der Waals surface area contributed by atoms with Crippen LogP contribution in [0.2, 0.25) is 0 Å². The summed E-state index contributed by atoms with van der Waals surface area (Å²) in [7, 11) is 0. The molecule has 2 aromatic heterocycles. The fraction of sp³-hybridized carbons (Fsp3) is 0.235. The minimum absolute atomic E-state index is 0.0945. The van der Waals surface area contributed by atoms with Gasteiger partial charge in [0.25, 0.3) is 0 Å². The summed E-state index contributed by atoms with van der Waals surface area (Å²) in [6.45, 7) is 1.32. The second kappa shape index (κ2) is 7.02. The molecule has 0 radical (unpaired) electrons. The third-order valence-electron chi connectivity index (χ3n) is 4.04. The molecule has 0 spiro atoms. The van der Waals surface area contributed by atoms with Crippen molar-refractivity contribution >= 4 is 17.7 Å². The lowest BCUT2D eigenvalue weighted by Gasteiger charge is -2.38. The summed E-state index contributed by atoms with van der Waals surface area (Å²) in [4.78, 5) is 22.2. The predicted octanol–water partition coefficient (Wildman–Crippen LogP) is 1.91. The van der Waals surface area contributed by atoms with Gasteiger partial charge < -0.3 is 4.90 Å². The van der Waals surface area contributed by atoms with Crippen LogP contribution in [0.4, 0.5) is 0 Å². The van der Waals surface area contributed by atoms with Gasteiger partial charge in [-0.15, -0.1) is 5.10 Å². The van der Waals surface area contributed by atoms with Crippen molar-refractivity contribution < 1.29 is 4.79 Å². The monoisotopic (exact) mass is 352 g/mol. The highest BCUT2D eigenvalue weighted by atomic mass is 32.2. The molecular weight excluding hydrogens is 336 g/mol. The lowest BCUT2D eigenvalue weighted by molar-refractivity contribution is -0.134. The van der Waals surface area contributed by atoms with Crippen LogP contribution < -0.4 is 0 Å². The molecule has 0 saturated carbocycles. The number of hydrogen-bond donors (Lipinski definition) is 0. The van der Waals surface area contributed by atoms with Gasteiger partial charge in [0.15, 0.2) is 5.16 Å². The first-order valence-electron chi connectivity index (χ1n) is 7.94. The van der Waals surface area contributed by atoms with Crippen LogP contribution in [-0.4, -0.2) is 54.6 Å². The van der Waals surface area contributed by atoms with Crippen molar-refractivity contribution in [3.05, 3.63) is 55.0 Å². The number of aromatic nitrogens is 5. The summed E-state index contributed by atoms with van der Waals surface area (Å²) in [6, 6.07) is 11.9. The summed E-state index contributed by atoms with van der Waals surface area (Å²) >= 11 is 1.36. The zero-order valence-electron chi connectivity index (χ0n) is 13.4. The normalized spacial score (nSPS) is 14.3. The first-order valence-corrected chi connectivity index (χ1v) is 8.93. The minimum atomic E-state index is 0.0945. The average Bonchev–Trinajstić information content (AvgIpc) is 3.10. The molecule has 3 aromatic rings. The summed E-state index contributed by atoms with van der Waals surface area (Å²) in [5.41, 5.74) is 1.89. The first kappa shape index (κ1) is 15.8. The van der Waals surface area contributed by atoms with E-state index in [1.165, 1.54) is 11.8 Å². The molecule has 1 aromatic carbocycles. The van der Waals surface area contributed by atoms with Crippen molar-refractivity contribution in [2.45, 2.75) is 11.2 Å². The largest absolute Gasteiger partial charge is 0.338 e. The molecule has 0 N–H and O–H groups in total. The van der Waals surface area contributed by atoms with Crippen LogP contribution in [0.5, 0.6) is 0 Å². The van der Waals surface area contributed by atoms with Gasteiger partial charge in [0.05, 0.1) is 18.0 Å². The molecule has 1 fully saturated rings. The highest BCUT2D eigenvalue weighted by Crippen LogP contribution is 2.24. The number of thioether (sulfide) groups is 1. The van der Waals surface area contributed by atoms with Crippen molar-refractivity contribution in [2.75, 3.05) is 18.8 Å². The van der Waals surface area contributed by atoms with Crippen LogP contribution in [-0.2, 0) is 4.79 Å². The van der Waals surface area contributed by atoms with Crippen LogP contribution in [0.3, 0.4) is 0 Å². The molecule has 0 bridgehead atoms. The summed E-state index contributed by atoms with van der Waals surface area (Å²) in [6.07, 6.45) is 5.29. The Bertz CT molecular complexity index is 848. The summed E-state index contributed by atoms with van der Waals surface area (Å²) in [5, 5.41) is 9.05. The molecule has 1 aliphatic rings. The van der Waals surface area contributed by atoms with Crippen LogP contribution >= 0.6 is 11.8 Å². The third kappa shape index (κ3) is 3.53. The van der Waals surface area contributed by atoms with Crippen LogP contribution in [0.25, 0.3) is 11.3 Å². The number of nitrogens with zero attached hydrogens (tertiary/aromatic N) is 6. The van der Waals surface area contributed by atoms with Gasteiger partial charge in [-0.2, -0.15) is 0 Å². The third-order valence-corrected chi connectivity index (χ3v) is 4.90. The lowest BCUT2D eigenvalue weighted by atomic mass is 10.1. The molecule has 1 amide bonds. The van der Waals surface area contributed by atoms with E-state index in [0.29, 0.717) is 24.0 Å². The molecule has 0 unspecified atom stereocenters. The second-order valence-electron chi connectivity index (χ2n) is 5.72. The maximum atomic E-state index is 12.2. The molecule has 0 aliphatic carbocycles. The van der Waals surface area contributed by atoms with E-state index >= 15 is 0 Å². The molecule has 1 saturated heterocycles. The molecule has 0 atom stereocenters. The van der Waals surface area contributed by atoms with Crippen LogP contribution in [0, 0.1) is 0 Å². The maximum absolute atomic E-state index is 12.2. The van der Waals surface area contributed by atoms with Crippen molar-refractivity contribution in [3.8, 4) is 11.3 Å². The van der Waals surface area contributed by atoms with E-state index in [2.05, 4.69) is 20.3 Å². The predicted molar refractivity (Wildman–Crippen MR) is 93.8 cm³/mol. The average molecular weight is 352 g/mol. The molecule has 3 heterocycles. The highest BCUT2D eigenvalue weighted by Gasteiger charge is 2.32. The number of likely N-dealkylation sites (tertiary alicyclic amines) is 1. The molecular formula is C17H16N6OS. The Morgan fingerprint density at radius 1 is 1.12 bits per heavy atom. The Morgan fingerprint density at radius 2 is 1.88 bits per heavy atom. The van der Waals surface area contributed by atoms with Gasteiger partial charge >= 0.3 is 0 Å². The number of carbonyl (C=O) groups is 1. The van der Waals surface area contributed by atoms with E-state index in [-0.39, 0.29) is 11.9 Å². The van der Waals surface area contributed by atoms with E-state index in [0.717, 1.165) is 11.3 Å². The lowest BCUT2D eigenvalue weighted by Crippen LogP contribution is -2.51. The Kier molecular flexibility index (Phi) is 4.43. The van der Waals surface area contributed by atoms with E-state index < -0.39 is 0 Å². The van der Waals surface area contributed by atoms with Gasteiger partial charge in [0, 0.05) is 31.0 Å².